The van der Waals surface area contributed by atoms with Crippen LogP contribution in [0.15, 0.2) is 53.5 Å². The summed E-state index contributed by atoms with van der Waals surface area (Å²) in [5.41, 5.74) is 6.72. The van der Waals surface area contributed by atoms with Gasteiger partial charge in [-0.05, 0) is 41.8 Å². The first-order valence-corrected chi connectivity index (χ1v) is 13.3. The molecule has 2 aromatic rings. The van der Waals surface area contributed by atoms with Crippen molar-refractivity contribution in [3.05, 3.63) is 59.7 Å². The predicted octanol–water partition coefficient (Wildman–Crippen LogP) is 3.28. The highest BCUT2D eigenvalue weighted by Gasteiger charge is 2.51. The van der Waals surface area contributed by atoms with Crippen LogP contribution in [0.5, 0.6) is 11.5 Å². The van der Waals surface area contributed by atoms with Crippen LogP contribution in [0.2, 0.25) is 0 Å². The standard InChI is InChI=1S/C27H34N2O8S/c1-4-20(37-27(28)31)25-29-22-24(35-15-17-7-11-19(33-3)12-8-17)23(21(13-30)36-26(22)38-25)34-14-16-5-9-18(32-2)10-6-16/h5-12,20-24,26,30H,4,13-15H2,1-3H3,(H2,28,31)/t20?,21-,22?,23-,24-,26?/m1/s1. The van der Waals surface area contributed by atoms with E-state index in [2.05, 4.69) is 0 Å². The second-order valence-electron chi connectivity index (χ2n) is 8.88. The van der Waals surface area contributed by atoms with Gasteiger partial charge in [0.2, 0.25) is 0 Å². The van der Waals surface area contributed by atoms with Crippen molar-refractivity contribution in [3.8, 4) is 11.5 Å². The Kier molecular flexibility index (Phi) is 9.86. The number of thioether (sulfide) groups is 1. The minimum Gasteiger partial charge on any atom is -0.497 e. The van der Waals surface area contributed by atoms with Crippen LogP contribution in [0.3, 0.4) is 0 Å². The van der Waals surface area contributed by atoms with E-state index in [1.165, 1.54) is 11.8 Å². The molecule has 1 amide bonds. The van der Waals surface area contributed by atoms with E-state index in [9.17, 15) is 9.90 Å². The van der Waals surface area contributed by atoms with Gasteiger partial charge in [0.05, 0.1) is 34.0 Å². The van der Waals surface area contributed by atoms with Crippen LogP contribution in [0.4, 0.5) is 4.79 Å². The summed E-state index contributed by atoms with van der Waals surface area (Å²) in [5, 5.41) is 10.8. The number of hydrogen-bond donors (Lipinski definition) is 2. The number of nitrogens with two attached hydrogens (primary N) is 1. The summed E-state index contributed by atoms with van der Waals surface area (Å²) in [6.07, 6.45) is -2.73. The number of rotatable bonds is 12. The normalized spacial score (nSPS) is 25.3. The van der Waals surface area contributed by atoms with Crippen LogP contribution in [-0.4, -0.2) is 73.0 Å². The lowest BCUT2D eigenvalue weighted by Gasteiger charge is -2.42. The van der Waals surface area contributed by atoms with E-state index in [0.29, 0.717) is 18.1 Å². The number of amides is 1. The molecule has 4 rings (SSSR count). The number of methoxy groups -OCH3 is 2. The Morgan fingerprint density at radius 1 is 1.00 bits per heavy atom. The third-order valence-corrected chi connectivity index (χ3v) is 7.65. The zero-order valence-corrected chi connectivity index (χ0v) is 22.5. The van der Waals surface area contributed by atoms with Gasteiger partial charge < -0.3 is 39.3 Å². The summed E-state index contributed by atoms with van der Waals surface area (Å²) in [6, 6.07) is 14.7. The summed E-state index contributed by atoms with van der Waals surface area (Å²) in [4.78, 5) is 16.3. The SMILES string of the molecule is CCC(OC(N)=O)C1=NC2C(O[C@H](CO)[C@@H](OCc3ccc(OC)cc3)[C@@H]2OCc2ccc(OC)cc2)S1. The average molecular weight is 547 g/mol. The summed E-state index contributed by atoms with van der Waals surface area (Å²) in [7, 11) is 3.23. The Hall–Kier alpha value is -2.83. The molecule has 0 aromatic heterocycles. The van der Waals surface area contributed by atoms with E-state index in [0.717, 1.165) is 22.6 Å². The molecule has 1 fully saturated rings. The van der Waals surface area contributed by atoms with Crippen LogP contribution in [0, 0.1) is 0 Å². The van der Waals surface area contributed by atoms with Gasteiger partial charge in [-0.3, -0.25) is 4.99 Å². The molecule has 0 bridgehead atoms. The minimum absolute atomic E-state index is 0.260. The van der Waals surface area contributed by atoms with Gasteiger partial charge in [0.25, 0.3) is 0 Å². The molecule has 3 unspecified atom stereocenters. The monoisotopic (exact) mass is 546 g/mol. The van der Waals surface area contributed by atoms with Crippen molar-refractivity contribution in [2.45, 2.75) is 62.5 Å². The fourth-order valence-electron chi connectivity index (χ4n) is 4.40. The summed E-state index contributed by atoms with van der Waals surface area (Å²) >= 11 is 1.36. The molecule has 6 atom stereocenters. The fourth-order valence-corrected chi connectivity index (χ4v) is 5.74. The maximum Gasteiger partial charge on any atom is 0.405 e. The van der Waals surface area contributed by atoms with Gasteiger partial charge in [0.15, 0.2) is 6.10 Å². The van der Waals surface area contributed by atoms with Crippen molar-refractivity contribution < 1.29 is 38.3 Å². The van der Waals surface area contributed by atoms with Gasteiger partial charge >= 0.3 is 6.09 Å². The molecule has 2 aromatic carbocycles. The van der Waals surface area contributed by atoms with Crippen LogP contribution in [0.25, 0.3) is 0 Å². The van der Waals surface area contributed by atoms with Crippen LogP contribution in [0.1, 0.15) is 24.5 Å². The van der Waals surface area contributed by atoms with Gasteiger partial charge in [-0.2, -0.15) is 0 Å². The van der Waals surface area contributed by atoms with E-state index in [1.54, 1.807) is 14.2 Å². The molecule has 2 aliphatic rings. The van der Waals surface area contributed by atoms with Crippen molar-refractivity contribution in [1.82, 2.24) is 0 Å². The first-order valence-electron chi connectivity index (χ1n) is 12.4. The zero-order valence-electron chi connectivity index (χ0n) is 21.6. The van der Waals surface area contributed by atoms with Crippen molar-refractivity contribution in [2.75, 3.05) is 20.8 Å². The Labute approximate surface area is 226 Å². The van der Waals surface area contributed by atoms with Gasteiger partial charge in [-0.1, -0.05) is 43.0 Å². The van der Waals surface area contributed by atoms with Crippen molar-refractivity contribution >= 4 is 22.9 Å². The molecule has 38 heavy (non-hydrogen) atoms. The molecule has 0 radical (unpaired) electrons. The predicted molar refractivity (Wildman–Crippen MR) is 142 cm³/mol. The number of hydrogen-bond acceptors (Lipinski definition) is 10. The van der Waals surface area contributed by atoms with Crippen molar-refractivity contribution in [2.24, 2.45) is 10.7 Å². The molecule has 206 valence electrons. The Balaban J connectivity index is 1.57. The number of benzene rings is 2. The van der Waals surface area contributed by atoms with Crippen LogP contribution in [-0.2, 0) is 32.2 Å². The van der Waals surface area contributed by atoms with Crippen LogP contribution < -0.4 is 15.2 Å². The van der Waals surface area contributed by atoms with E-state index in [1.807, 2.05) is 55.5 Å². The summed E-state index contributed by atoms with van der Waals surface area (Å²) in [5.74, 6) is 1.50. The van der Waals surface area contributed by atoms with Gasteiger partial charge in [0.1, 0.15) is 46.3 Å². The molecule has 0 saturated carbocycles. The number of aliphatic hydroxyl groups excluding tert-OH is 1. The molecule has 0 spiro atoms. The number of ether oxygens (including phenoxy) is 6. The number of aliphatic imine (C=N–C) groups is 1. The maximum absolute atomic E-state index is 11.4. The lowest BCUT2D eigenvalue weighted by atomic mass is 9.97. The second kappa shape index (κ2) is 13.3. The minimum atomic E-state index is -0.864. The molecule has 3 N–H and O–H groups in total. The summed E-state index contributed by atoms with van der Waals surface area (Å²) in [6.45, 7) is 2.20. The number of primary amides is 1. The topological polar surface area (TPSA) is 131 Å². The lowest BCUT2D eigenvalue weighted by molar-refractivity contribution is -0.205. The number of carbonyl (C=O) groups is 1. The Bertz CT molecular complexity index is 1080. The quantitative estimate of drug-likeness (QED) is 0.412. The number of aliphatic hydroxyl groups is 1. The van der Waals surface area contributed by atoms with E-state index in [-0.39, 0.29) is 13.2 Å². The van der Waals surface area contributed by atoms with Gasteiger partial charge in [0, 0.05) is 0 Å². The molecular formula is C27H34N2O8S. The second-order valence-corrected chi connectivity index (χ2v) is 10.0. The molecule has 1 saturated heterocycles. The van der Waals surface area contributed by atoms with Gasteiger partial charge in [-0.25, -0.2) is 4.79 Å². The molecule has 2 aliphatic heterocycles. The third kappa shape index (κ3) is 6.78. The fraction of sp³-hybridized carbons (Fsp3) is 0.481. The van der Waals surface area contributed by atoms with Gasteiger partial charge in [-0.15, -0.1) is 0 Å². The molecule has 0 aliphatic carbocycles. The lowest BCUT2D eigenvalue weighted by Crippen LogP contribution is -2.57. The number of nitrogens with zero attached hydrogens (tertiary/aromatic N) is 1. The maximum atomic E-state index is 11.4. The molecular weight excluding hydrogens is 512 g/mol. The highest BCUT2D eigenvalue weighted by Crippen LogP contribution is 2.40. The van der Waals surface area contributed by atoms with E-state index >= 15 is 0 Å². The van der Waals surface area contributed by atoms with E-state index in [4.69, 9.17) is 39.1 Å². The van der Waals surface area contributed by atoms with Crippen molar-refractivity contribution in [3.63, 3.8) is 0 Å². The summed E-state index contributed by atoms with van der Waals surface area (Å²) < 4.78 is 34.7. The number of carbonyl (C=O) groups excluding carboxylic acids is 1. The molecule has 11 heteroatoms. The third-order valence-electron chi connectivity index (χ3n) is 6.42. The highest BCUT2D eigenvalue weighted by molar-refractivity contribution is 8.14. The first kappa shape index (κ1) is 28.2. The van der Waals surface area contributed by atoms with Crippen LogP contribution >= 0.6 is 11.8 Å². The first-order chi connectivity index (χ1) is 18.4. The number of fused-ring (bicyclic) bond motifs is 1. The van der Waals surface area contributed by atoms with E-state index < -0.39 is 42.0 Å². The molecule has 10 nitrogen and oxygen atoms in total. The Morgan fingerprint density at radius 3 is 2.03 bits per heavy atom. The van der Waals surface area contributed by atoms with Crippen molar-refractivity contribution in [1.29, 1.82) is 0 Å². The smallest absolute Gasteiger partial charge is 0.405 e. The highest BCUT2D eigenvalue weighted by atomic mass is 32.2. The zero-order chi connectivity index (χ0) is 27.1. The molecule has 2 heterocycles. The Morgan fingerprint density at radius 2 is 1.55 bits per heavy atom. The largest absolute Gasteiger partial charge is 0.497 e. The average Bonchev–Trinajstić information content (AvgIpc) is 3.37.